The zero-order valence-corrected chi connectivity index (χ0v) is 8.71. The predicted octanol–water partition coefficient (Wildman–Crippen LogP) is 1.85. The molecule has 0 radical (unpaired) electrons. The molecule has 0 unspecified atom stereocenters. The topological polar surface area (TPSA) is 58.6 Å². The molecule has 4 heteroatoms. The first kappa shape index (κ1) is 11.3. The Bertz CT molecular complexity index is 188. The highest BCUT2D eigenvalue weighted by Gasteiger charge is 2.33. The number of nitrogens with one attached hydrogen (secondary N) is 1. The van der Waals surface area contributed by atoms with Gasteiger partial charge in [-0.2, -0.15) is 0 Å². The monoisotopic (exact) mass is 201 g/mol. The van der Waals surface area contributed by atoms with Gasteiger partial charge in [-0.3, -0.25) is 0 Å². The smallest absolute Gasteiger partial charge is 0.404 e. The second kappa shape index (κ2) is 5.20. The molecule has 1 fully saturated rings. The van der Waals surface area contributed by atoms with E-state index in [1.807, 2.05) is 0 Å². The number of carbonyl (C=O) groups is 1. The van der Waals surface area contributed by atoms with Crippen molar-refractivity contribution in [2.24, 2.45) is 5.41 Å². The lowest BCUT2D eigenvalue weighted by Crippen LogP contribution is -2.30. The van der Waals surface area contributed by atoms with E-state index in [1.165, 1.54) is 25.7 Å². The summed E-state index contributed by atoms with van der Waals surface area (Å²) in [5, 5.41) is 10.9. The normalized spacial score (nSPS) is 19.5. The average Bonchev–Trinajstić information content (AvgIpc) is 2.53. The van der Waals surface area contributed by atoms with Gasteiger partial charge in [0.1, 0.15) is 0 Å². The molecule has 1 aliphatic rings. The van der Waals surface area contributed by atoms with Crippen LogP contribution in [0.1, 0.15) is 32.1 Å². The highest BCUT2D eigenvalue weighted by Crippen LogP contribution is 2.40. The fourth-order valence-electron chi connectivity index (χ4n) is 2.33. The fourth-order valence-corrected chi connectivity index (χ4v) is 2.33. The van der Waals surface area contributed by atoms with Gasteiger partial charge in [0.15, 0.2) is 0 Å². The molecular formula is C10H19NO3. The Labute approximate surface area is 84.6 Å². The number of hydrogen-bond donors (Lipinski definition) is 2. The van der Waals surface area contributed by atoms with Crippen molar-refractivity contribution in [2.75, 3.05) is 20.3 Å². The van der Waals surface area contributed by atoms with Crippen LogP contribution >= 0.6 is 0 Å². The van der Waals surface area contributed by atoms with Gasteiger partial charge >= 0.3 is 6.09 Å². The molecule has 1 aliphatic carbocycles. The van der Waals surface area contributed by atoms with Crippen LogP contribution in [0.25, 0.3) is 0 Å². The third-order valence-corrected chi connectivity index (χ3v) is 3.05. The summed E-state index contributed by atoms with van der Waals surface area (Å²) in [5.41, 5.74) is 0.233. The summed E-state index contributed by atoms with van der Waals surface area (Å²) in [6.07, 6.45) is 4.79. The molecule has 1 rings (SSSR count). The van der Waals surface area contributed by atoms with Crippen molar-refractivity contribution in [1.82, 2.24) is 5.32 Å². The maximum absolute atomic E-state index is 10.3. The number of rotatable bonds is 5. The minimum atomic E-state index is -0.935. The summed E-state index contributed by atoms with van der Waals surface area (Å²) in [7, 11) is 1.71. The molecule has 1 amide bonds. The van der Waals surface area contributed by atoms with Gasteiger partial charge in [0.05, 0.1) is 6.61 Å². The van der Waals surface area contributed by atoms with Crippen LogP contribution in [0, 0.1) is 5.41 Å². The Morgan fingerprint density at radius 2 is 2.14 bits per heavy atom. The Morgan fingerprint density at radius 3 is 2.64 bits per heavy atom. The molecular weight excluding hydrogens is 182 g/mol. The van der Waals surface area contributed by atoms with E-state index in [1.54, 1.807) is 7.11 Å². The number of carboxylic acid groups (broad SMARTS) is 1. The van der Waals surface area contributed by atoms with Crippen molar-refractivity contribution in [1.29, 1.82) is 0 Å². The fraction of sp³-hybridized carbons (Fsp3) is 0.900. The minimum absolute atomic E-state index is 0.233. The third kappa shape index (κ3) is 3.18. The molecule has 4 nitrogen and oxygen atoms in total. The van der Waals surface area contributed by atoms with Gasteiger partial charge in [0.2, 0.25) is 0 Å². The Hall–Kier alpha value is -0.770. The van der Waals surface area contributed by atoms with E-state index in [2.05, 4.69) is 5.32 Å². The molecule has 0 aliphatic heterocycles. The molecule has 0 aromatic heterocycles. The number of amides is 1. The molecule has 0 spiro atoms. The summed E-state index contributed by atoms with van der Waals surface area (Å²) in [6, 6.07) is 0. The third-order valence-electron chi connectivity index (χ3n) is 3.05. The summed E-state index contributed by atoms with van der Waals surface area (Å²) < 4.78 is 5.21. The molecule has 0 atom stereocenters. The number of methoxy groups -OCH3 is 1. The lowest BCUT2D eigenvalue weighted by Gasteiger charge is -2.27. The average molecular weight is 201 g/mol. The van der Waals surface area contributed by atoms with Crippen molar-refractivity contribution in [3.8, 4) is 0 Å². The van der Waals surface area contributed by atoms with Crippen LogP contribution in [-0.2, 0) is 4.74 Å². The van der Waals surface area contributed by atoms with Gasteiger partial charge in [-0.05, 0) is 24.7 Å². The van der Waals surface area contributed by atoms with Crippen LogP contribution in [-0.4, -0.2) is 31.5 Å². The van der Waals surface area contributed by atoms with Crippen molar-refractivity contribution in [3.05, 3.63) is 0 Å². The van der Waals surface area contributed by atoms with Crippen LogP contribution < -0.4 is 5.32 Å². The Morgan fingerprint density at radius 1 is 1.50 bits per heavy atom. The first-order chi connectivity index (χ1) is 6.68. The zero-order valence-electron chi connectivity index (χ0n) is 8.71. The quantitative estimate of drug-likeness (QED) is 0.713. The maximum Gasteiger partial charge on any atom is 0.404 e. The van der Waals surface area contributed by atoms with Gasteiger partial charge in [-0.15, -0.1) is 0 Å². The van der Waals surface area contributed by atoms with E-state index < -0.39 is 6.09 Å². The van der Waals surface area contributed by atoms with Crippen LogP contribution in [0.3, 0.4) is 0 Å². The predicted molar refractivity (Wildman–Crippen MR) is 53.4 cm³/mol. The van der Waals surface area contributed by atoms with Crippen molar-refractivity contribution in [2.45, 2.75) is 32.1 Å². The second-order valence-corrected chi connectivity index (χ2v) is 4.12. The Kier molecular flexibility index (Phi) is 4.20. The maximum atomic E-state index is 10.3. The first-order valence-corrected chi connectivity index (χ1v) is 5.14. The lowest BCUT2D eigenvalue weighted by atomic mass is 9.83. The van der Waals surface area contributed by atoms with Gasteiger partial charge < -0.3 is 15.2 Å². The molecule has 0 aromatic rings. The zero-order chi connectivity index (χ0) is 10.4. The molecule has 2 N–H and O–H groups in total. The molecule has 1 saturated carbocycles. The van der Waals surface area contributed by atoms with E-state index in [-0.39, 0.29) is 5.41 Å². The van der Waals surface area contributed by atoms with E-state index in [0.717, 1.165) is 13.0 Å². The second-order valence-electron chi connectivity index (χ2n) is 4.12. The summed E-state index contributed by atoms with van der Waals surface area (Å²) in [5.74, 6) is 0. The Balaban J connectivity index is 2.31. The number of hydrogen-bond acceptors (Lipinski definition) is 2. The minimum Gasteiger partial charge on any atom is -0.465 e. The van der Waals surface area contributed by atoms with Gasteiger partial charge in [0, 0.05) is 13.7 Å². The molecule has 0 saturated heterocycles. The van der Waals surface area contributed by atoms with Gasteiger partial charge in [0.25, 0.3) is 0 Å². The highest BCUT2D eigenvalue weighted by atomic mass is 16.5. The van der Waals surface area contributed by atoms with Crippen LogP contribution in [0.4, 0.5) is 4.79 Å². The summed E-state index contributed by atoms with van der Waals surface area (Å²) in [6.45, 7) is 1.30. The van der Waals surface area contributed by atoms with Crippen LogP contribution in [0.15, 0.2) is 0 Å². The van der Waals surface area contributed by atoms with E-state index >= 15 is 0 Å². The summed E-state index contributed by atoms with van der Waals surface area (Å²) >= 11 is 0. The molecule has 0 heterocycles. The van der Waals surface area contributed by atoms with Crippen molar-refractivity contribution < 1.29 is 14.6 Å². The summed E-state index contributed by atoms with van der Waals surface area (Å²) in [4.78, 5) is 10.3. The van der Waals surface area contributed by atoms with Gasteiger partial charge in [-0.1, -0.05) is 12.8 Å². The van der Waals surface area contributed by atoms with E-state index in [9.17, 15) is 4.79 Å². The van der Waals surface area contributed by atoms with Gasteiger partial charge in [-0.25, -0.2) is 4.79 Å². The van der Waals surface area contributed by atoms with Crippen LogP contribution in [0.5, 0.6) is 0 Å². The lowest BCUT2D eigenvalue weighted by molar-refractivity contribution is 0.0766. The number of ether oxygens (including phenoxy) is 1. The molecule has 14 heavy (non-hydrogen) atoms. The first-order valence-electron chi connectivity index (χ1n) is 5.14. The molecule has 82 valence electrons. The standard InChI is InChI=1S/C10H19NO3/c1-14-8-10(4-2-3-5-10)6-7-11-9(12)13/h11H,2-8H2,1H3,(H,12,13). The van der Waals surface area contributed by atoms with Crippen LogP contribution in [0.2, 0.25) is 0 Å². The van der Waals surface area contributed by atoms with Crippen molar-refractivity contribution >= 4 is 6.09 Å². The molecule has 0 bridgehead atoms. The molecule has 0 aromatic carbocycles. The van der Waals surface area contributed by atoms with Crippen molar-refractivity contribution in [3.63, 3.8) is 0 Å². The highest BCUT2D eigenvalue weighted by molar-refractivity contribution is 5.64. The van der Waals surface area contributed by atoms with E-state index in [0.29, 0.717) is 6.54 Å². The SMILES string of the molecule is COCC1(CCNC(=O)O)CCCC1. The van der Waals surface area contributed by atoms with E-state index in [4.69, 9.17) is 9.84 Å². The largest absolute Gasteiger partial charge is 0.465 e.